The summed E-state index contributed by atoms with van der Waals surface area (Å²) in [4.78, 5) is 4.62. The lowest BCUT2D eigenvalue weighted by Crippen LogP contribution is -2.08. The predicted molar refractivity (Wildman–Crippen MR) is 76.4 cm³/mol. The van der Waals surface area contributed by atoms with Gasteiger partial charge in [-0.25, -0.2) is 9.37 Å². The normalized spacial score (nSPS) is 13.8. The van der Waals surface area contributed by atoms with E-state index in [1.165, 1.54) is 6.07 Å². The highest BCUT2D eigenvalue weighted by atomic mass is 79.9. The number of benzene rings is 1. The van der Waals surface area contributed by atoms with E-state index >= 15 is 0 Å². The molecular weight excluding hydrogens is 309 g/mol. The summed E-state index contributed by atoms with van der Waals surface area (Å²) < 4.78 is 17.1. The minimum Gasteiger partial charge on any atom is -0.331 e. The van der Waals surface area contributed by atoms with Gasteiger partial charge in [-0.05, 0) is 37.6 Å². The third-order valence-electron chi connectivity index (χ3n) is 3.50. The summed E-state index contributed by atoms with van der Waals surface area (Å²) in [5.41, 5.74) is 8.11. The Hall–Kier alpha value is -1.20. The predicted octanol–water partition coefficient (Wildman–Crippen LogP) is 2.90. The van der Waals surface area contributed by atoms with Gasteiger partial charge in [0.05, 0.1) is 5.69 Å². The fourth-order valence-electron chi connectivity index (χ4n) is 2.67. The molecule has 100 valence electrons. The van der Waals surface area contributed by atoms with Gasteiger partial charge in [-0.1, -0.05) is 15.9 Å². The summed E-state index contributed by atoms with van der Waals surface area (Å²) in [5, 5.41) is 0. The summed E-state index contributed by atoms with van der Waals surface area (Å²) in [6.45, 7) is 1.53. The highest BCUT2D eigenvalue weighted by molar-refractivity contribution is 9.10. The van der Waals surface area contributed by atoms with Gasteiger partial charge >= 0.3 is 0 Å². The molecule has 0 fully saturated rings. The molecule has 0 aliphatic carbocycles. The van der Waals surface area contributed by atoms with Crippen molar-refractivity contribution in [2.75, 3.05) is 6.54 Å². The first-order valence-corrected chi connectivity index (χ1v) is 7.24. The summed E-state index contributed by atoms with van der Waals surface area (Å²) in [6, 6.07) is 4.97. The van der Waals surface area contributed by atoms with Gasteiger partial charge in [0, 0.05) is 28.7 Å². The van der Waals surface area contributed by atoms with Crippen LogP contribution in [0.4, 0.5) is 4.39 Å². The lowest BCUT2D eigenvalue weighted by atomic mass is 10.1. The second-order valence-electron chi connectivity index (χ2n) is 4.74. The molecule has 3 nitrogen and oxygen atoms in total. The molecule has 0 bridgehead atoms. The summed E-state index contributed by atoms with van der Waals surface area (Å²) in [6.07, 6.45) is 2.79. The van der Waals surface area contributed by atoms with E-state index in [1.54, 1.807) is 12.1 Å². The zero-order chi connectivity index (χ0) is 13.4. The fourth-order valence-corrected chi connectivity index (χ4v) is 3.04. The van der Waals surface area contributed by atoms with Crippen molar-refractivity contribution in [2.45, 2.75) is 25.8 Å². The number of fused-ring (bicyclic) bond motifs is 1. The van der Waals surface area contributed by atoms with Crippen LogP contribution in [0.3, 0.4) is 0 Å². The molecule has 0 unspecified atom stereocenters. The van der Waals surface area contributed by atoms with Gasteiger partial charge in [-0.15, -0.1) is 0 Å². The van der Waals surface area contributed by atoms with Crippen LogP contribution in [0.1, 0.15) is 17.9 Å². The van der Waals surface area contributed by atoms with Crippen molar-refractivity contribution in [3.05, 3.63) is 40.0 Å². The minimum absolute atomic E-state index is 0.227. The maximum Gasteiger partial charge on any atom is 0.132 e. The van der Waals surface area contributed by atoms with Crippen molar-refractivity contribution in [3.63, 3.8) is 0 Å². The highest BCUT2D eigenvalue weighted by Crippen LogP contribution is 2.32. The maximum atomic E-state index is 14.0. The van der Waals surface area contributed by atoms with Crippen molar-refractivity contribution in [2.24, 2.45) is 5.73 Å². The third kappa shape index (κ3) is 2.21. The molecule has 0 radical (unpaired) electrons. The Labute approximate surface area is 119 Å². The number of nitrogens with zero attached hydrogens (tertiary/aromatic N) is 2. The molecule has 1 aliphatic rings. The van der Waals surface area contributed by atoms with Crippen molar-refractivity contribution >= 4 is 15.9 Å². The largest absolute Gasteiger partial charge is 0.331 e. The van der Waals surface area contributed by atoms with E-state index < -0.39 is 0 Å². The SMILES string of the molecule is NCCc1nc(-c2cc(Br)ccc2F)c2n1CCC2. The Morgan fingerprint density at radius 1 is 1.42 bits per heavy atom. The van der Waals surface area contributed by atoms with Crippen LogP contribution >= 0.6 is 15.9 Å². The van der Waals surface area contributed by atoms with Gasteiger partial charge in [-0.2, -0.15) is 0 Å². The molecule has 0 spiro atoms. The second kappa shape index (κ2) is 5.06. The van der Waals surface area contributed by atoms with Crippen LogP contribution in [0.2, 0.25) is 0 Å². The average Bonchev–Trinajstić information content (AvgIpc) is 2.97. The highest BCUT2D eigenvalue weighted by Gasteiger charge is 2.23. The summed E-state index contributed by atoms with van der Waals surface area (Å²) >= 11 is 3.39. The molecule has 0 saturated carbocycles. The van der Waals surface area contributed by atoms with Crippen molar-refractivity contribution in [1.29, 1.82) is 0 Å². The van der Waals surface area contributed by atoms with E-state index in [1.807, 2.05) is 0 Å². The minimum atomic E-state index is -0.227. The Morgan fingerprint density at radius 3 is 3.05 bits per heavy atom. The molecule has 2 heterocycles. The third-order valence-corrected chi connectivity index (χ3v) is 3.99. The number of aromatic nitrogens is 2. The van der Waals surface area contributed by atoms with Crippen LogP contribution in [-0.2, 0) is 19.4 Å². The average molecular weight is 324 g/mol. The first-order valence-electron chi connectivity index (χ1n) is 6.44. The van der Waals surface area contributed by atoms with Crippen LogP contribution < -0.4 is 5.73 Å². The quantitative estimate of drug-likeness (QED) is 0.943. The number of hydrogen-bond donors (Lipinski definition) is 1. The molecule has 19 heavy (non-hydrogen) atoms. The lowest BCUT2D eigenvalue weighted by Gasteiger charge is -2.03. The molecule has 2 N–H and O–H groups in total. The summed E-state index contributed by atoms with van der Waals surface area (Å²) in [5.74, 6) is 0.750. The molecule has 3 rings (SSSR count). The zero-order valence-corrected chi connectivity index (χ0v) is 12.1. The number of halogens is 2. The molecule has 5 heteroatoms. The first kappa shape index (κ1) is 12.8. The Bertz CT molecular complexity index is 621. The van der Waals surface area contributed by atoms with Crippen molar-refractivity contribution in [1.82, 2.24) is 9.55 Å². The fraction of sp³-hybridized carbons (Fsp3) is 0.357. The van der Waals surface area contributed by atoms with Gasteiger partial charge in [-0.3, -0.25) is 0 Å². The molecule has 1 aromatic carbocycles. The van der Waals surface area contributed by atoms with E-state index in [-0.39, 0.29) is 5.82 Å². The molecule has 0 atom stereocenters. The second-order valence-corrected chi connectivity index (χ2v) is 5.66. The summed E-state index contributed by atoms with van der Waals surface area (Å²) in [7, 11) is 0. The molecule has 1 aromatic heterocycles. The number of hydrogen-bond acceptors (Lipinski definition) is 2. The van der Waals surface area contributed by atoms with Crippen LogP contribution in [0.25, 0.3) is 11.3 Å². The van der Waals surface area contributed by atoms with Crippen LogP contribution in [0, 0.1) is 5.82 Å². The van der Waals surface area contributed by atoms with Gasteiger partial charge in [0.15, 0.2) is 0 Å². The van der Waals surface area contributed by atoms with Gasteiger partial charge in [0.25, 0.3) is 0 Å². The smallest absolute Gasteiger partial charge is 0.132 e. The molecule has 0 saturated heterocycles. The van der Waals surface area contributed by atoms with Crippen molar-refractivity contribution in [3.8, 4) is 11.3 Å². The Kier molecular flexibility index (Phi) is 3.41. The maximum absolute atomic E-state index is 14.0. The van der Waals surface area contributed by atoms with E-state index in [9.17, 15) is 4.39 Å². The van der Waals surface area contributed by atoms with Crippen molar-refractivity contribution < 1.29 is 4.39 Å². The van der Waals surface area contributed by atoms with E-state index in [4.69, 9.17) is 5.73 Å². The van der Waals surface area contributed by atoms with Crippen LogP contribution in [-0.4, -0.2) is 16.1 Å². The van der Waals surface area contributed by atoms with E-state index in [0.717, 1.165) is 47.5 Å². The molecule has 2 aromatic rings. The van der Waals surface area contributed by atoms with Gasteiger partial charge < -0.3 is 10.3 Å². The van der Waals surface area contributed by atoms with Crippen LogP contribution in [0.5, 0.6) is 0 Å². The van der Waals surface area contributed by atoms with Gasteiger partial charge in [0.2, 0.25) is 0 Å². The van der Waals surface area contributed by atoms with E-state index in [2.05, 4.69) is 25.5 Å². The number of rotatable bonds is 3. The Balaban J connectivity index is 2.15. The monoisotopic (exact) mass is 323 g/mol. The van der Waals surface area contributed by atoms with Gasteiger partial charge in [0.1, 0.15) is 11.6 Å². The lowest BCUT2D eigenvalue weighted by molar-refractivity contribution is 0.630. The van der Waals surface area contributed by atoms with Crippen LogP contribution in [0.15, 0.2) is 22.7 Å². The molecular formula is C14H15BrFN3. The first-order chi connectivity index (χ1) is 9.20. The van der Waals surface area contributed by atoms with E-state index in [0.29, 0.717) is 12.1 Å². The number of nitrogens with two attached hydrogens (primary N) is 1. The standard InChI is InChI=1S/C14H15BrFN3/c15-9-3-4-11(16)10(8-9)14-12-2-1-7-19(12)13(18-14)5-6-17/h3-4,8H,1-2,5-7,17H2. The molecule has 1 aliphatic heterocycles. The number of imidazole rings is 1. The zero-order valence-electron chi connectivity index (χ0n) is 10.5. The topological polar surface area (TPSA) is 43.8 Å². The Morgan fingerprint density at radius 2 is 2.26 bits per heavy atom. The molecule has 0 amide bonds.